The molecule has 0 radical (unpaired) electrons. The minimum atomic E-state index is 0.166. The Balaban J connectivity index is 1.72. The van der Waals surface area contributed by atoms with E-state index in [1.165, 1.54) is 12.0 Å². The molecule has 0 spiro atoms. The molecule has 1 N–H and O–H groups in total. The van der Waals surface area contributed by atoms with Gasteiger partial charge in [-0.1, -0.05) is 30.3 Å². The van der Waals surface area contributed by atoms with Crippen LogP contribution in [0.15, 0.2) is 42.6 Å². The Bertz CT molecular complexity index is 619. The normalized spacial score (nSPS) is 18.9. The monoisotopic (exact) mass is 312 g/mol. The second-order valence-electron chi connectivity index (χ2n) is 5.96. The first kappa shape index (κ1) is 15.7. The molecule has 1 aromatic heterocycles. The average molecular weight is 312 g/mol. The fraction of sp³-hybridized carbons (Fsp3) is 0.444. The van der Waals surface area contributed by atoms with Crippen molar-refractivity contribution in [2.75, 3.05) is 30.5 Å². The lowest BCUT2D eigenvalue weighted by Gasteiger charge is -2.25. The highest BCUT2D eigenvalue weighted by molar-refractivity contribution is 5.45. The van der Waals surface area contributed by atoms with Crippen molar-refractivity contribution >= 4 is 11.8 Å². The van der Waals surface area contributed by atoms with Gasteiger partial charge in [-0.25, -0.2) is 4.98 Å². The van der Waals surface area contributed by atoms with Crippen LogP contribution in [0, 0.1) is 0 Å². The molecule has 1 aromatic carbocycles. The van der Waals surface area contributed by atoms with Gasteiger partial charge in [0.15, 0.2) is 0 Å². The zero-order valence-corrected chi connectivity index (χ0v) is 13.8. The number of rotatable bonds is 6. The SMILES string of the molecule is COCC1CCCN1c1ccnc(NC(C)c2ccccc2)n1. The lowest BCUT2D eigenvalue weighted by molar-refractivity contribution is 0.180. The molecule has 5 heteroatoms. The summed E-state index contributed by atoms with van der Waals surface area (Å²) in [6, 6.07) is 12.9. The molecule has 0 amide bonds. The zero-order valence-electron chi connectivity index (χ0n) is 13.8. The maximum absolute atomic E-state index is 5.33. The molecule has 1 aliphatic heterocycles. The largest absolute Gasteiger partial charge is 0.383 e. The zero-order chi connectivity index (χ0) is 16.1. The summed E-state index contributed by atoms with van der Waals surface area (Å²) in [4.78, 5) is 11.4. The number of aromatic nitrogens is 2. The molecule has 0 bridgehead atoms. The molecule has 2 atom stereocenters. The predicted octanol–water partition coefficient (Wildman–Crippen LogP) is 3.26. The van der Waals surface area contributed by atoms with Crippen molar-refractivity contribution in [3.8, 4) is 0 Å². The molecule has 2 unspecified atom stereocenters. The summed E-state index contributed by atoms with van der Waals surface area (Å²) in [5.41, 5.74) is 1.22. The van der Waals surface area contributed by atoms with Gasteiger partial charge < -0.3 is 15.0 Å². The summed E-state index contributed by atoms with van der Waals surface area (Å²) in [7, 11) is 1.75. The van der Waals surface area contributed by atoms with E-state index in [1.807, 2.05) is 30.5 Å². The van der Waals surface area contributed by atoms with Crippen LogP contribution in [0.25, 0.3) is 0 Å². The van der Waals surface area contributed by atoms with Crippen LogP contribution < -0.4 is 10.2 Å². The van der Waals surface area contributed by atoms with E-state index < -0.39 is 0 Å². The number of nitrogens with one attached hydrogen (secondary N) is 1. The molecule has 122 valence electrons. The van der Waals surface area contributed by atoms with Crippen LogP contribution in [0.1, 0.15) is 31.4 Å². The number of benzene rings is 1. The Labute approximate surface area is 137 Å². The summed E-state index contributed by atoms with van der Waals surface area (Å²) < 4.78 is 5.33. The van der Waals surface area contributed by atoms with Crippen LogP contribution in [0.5, 0.6) is 0 Å². The van der Waals surface area contributed by atoms with E-state index in [2.05, 4.69) is 34.3 Å². The van der Waals surface area contributed by atoms with Crippen LogP contribution in [0.4, 0.5) is 11.8 Å². The van der Waals surface area contributed by atoms with Crippen molar-refractivity contribution < 1.29 is 4.74 Å². The smallest absolute Gasteiger partial charge is 0.225 e. The van der Waals surface area contributed by atoms with Crippen LogP contribution in [0.3, 0.4) is 0 Å². The highest BCUT2D eigenvalue weighted by Gasteiger charge is 2.25. The predicted molar refractivity (Wildman–Crippen MR) is 92.8 cm³/mol. The third-order valence-corrected chi connectivity index (χ3v) is 4.32. The van der Waals surface area contributed by atoms with Gasteiger partial charge in [0, 0.05) is 19.9 Å². The Morgan fingerprint density at radius 3 is 2.91 bits per heavy atom. The van der Waals surface area contributed by atoms with E-state index in [9.17, 15) is 0 Å². The minimum absolute atomic E-state index is 0.166. The van der Waals surface area contributed by atoms with Crippen LogP contribution in [-0.2, 0) is 4.74 Å². The third kappa shape index (κ3) is 3.79. The van der Waals surface area contributed by atoms with Gasteiger partial charge in [-0.3, -0.25) is 0 Å². The first-order chi connectivity index (χ1) is 11.3. The van der Waals surface area contributed by atoms with E-state index in [-0.39, 0.29) is 6.04 Å². The summed E-state index contributed by atoms with van der Waals surface area (Å²) in [5, 5.41) is 3.39. The Morgan fingerprint density at radius 2 is 2.13 bits per heavy atom. The summed E-state index contributed by atoms with van der Waals surface area (Å²) in [5.74, 6) is 1.64. The molecular weight excluding hydrogens is 288 g/mol. The molecule has 3 rings (SSSR count). The van der Waals surface area contributed by atoms with Gasteiger partial charge in [-0.05, 0) is 31.4 Å². The van der Waals surface area contributed by atoms with Crippen molar-refractivity contribution in [1.29, 1.82) is 0 Å². The number of anilines is 2. The minimum Gasteiger partial charge on any atom is -0.383 e. The van der Waals surface area contributed by atoms with E-state index in [0.29, 0.717) is 12.0 Å². The molecule has 2 aromatic rings. The molecule has 0 aliphatic carbocycles. The van der Waals surface area contributed by atoms with Crippen molar-refractivity contribution in [3.05, 3.63) is 48.2 Å². The molecule has 1 saturated heterocycles. The van der Waals surface area contributed by atoms with Crippen molar-refractivity contribution in [2.45, 2.75) is 31.8 Å². The van der Waals surface area contributed by atoms with E-state index in [1.54, 1.807) is 7.11 Å². The quantitative estimate of drug-likeness (QED) is 0.887. The van der Waals surface area contributed by atoms with Crippen LogP contribution in [0.2, 0.25) is 0 Å². The first-order valence-electron chi connectivity index (χ1n) is 8.18. The average Bonchev–Trinajstić information content (AvgIpc) is 3.04. The third-order valence-electron chi connectivity index (χ3n) is 4.32. The number of ether oxygens (including phenoxy) is 1. The fourth-order valence-corrected chi connectivity index (χ4v) is 3.10. The number of hydrogen-bond donors (Lipinski definition) is 1. The second kappa shape index (κ2) is 7.42. The molecule has 5 nitrogen and oxygen atoms in total. The molecular formula is C18H24N4O. The first-order valence-corrected chi connectivity index (χ1v) is 8.18. The molecule has 23 heavy (non-hydrogen) atoms. The Kier molecular flexibility index (Phi) is 5.08. The Hall–Kier alpha value is -2.14. The van der Waals surface area contributed by atoms with Crippen LogP contribution in [-0.4, -0.2) is 36.3 Å². The lowest BCUT2D eigenvalue weighted by atomic mass is 10.1. The van der Waals surface area contributed by atoms with Gasteiger partial charge in [0.05, 0.1) is 18.7 Å². The van der Waals surface area contributed by atoms with Gasteiger partial charge in [0.2, 0.25) is 5.95 Å². The highest BCUT2D eigenvalue weighted by atomic mass is 16.5. The van der Waals surface area contributed by atoms with Crippen LogP contribution >= 0.6 is 0 Å². The van der Waals surface area contributed by atoms with E-state index in [4.69, 9.17) is 9.72 Å². The van der Waals surface area contributed by atoms with Gasteiger partial charge in [-0.15, -0.1) is 0 Å². The van der Waals surface area contributed by atoms with E-state index in [0.717, 1.165) is 25.4 Å². The fourth-order valence-electron chi connectivity index (χ4n) is 3.10. The number of methoxy groups -OCH3 is 1. The second-order valence-corrected chi connectivity index (χ2v) is 5.96. The Morgan fingerprint density at radius 1 is 1.30 bits per heavy atom. The van der Waals surface area contributed by atoms with Gasteiger partial charge >= 0.3 is 0 Å². The van der Waals surface area contributed by atoms with Crippen molar-refractivity contribution in [3.63, 3.8) is 0 Å². The molecule has 1 fully saturated rings. The lowest BCUT2D eigenvalue weighted by Crippen LogP contribution is -2.33. The maximum atomic E-state index is 5.33. The van der Waals surface area contributed by atoms with Gasteiger partial charge in [-0.2, -0.15) is 4.98 Å². The van der Waals surface area contributed by atoms with Crippen molar-refractivity contribution in [1.82, 2.24) is 9.97 Å². The molecule has 0 saturated carbocycles. The maximum Gasteiger partial charge on any atom is 0.225 e. The van der Waals surface area contributed by atoms with Gasteiger partial charge in [0.25, 0.3) is 0 Å². The number of hydrogen-bond acceptors (Lipinski definition) is 5. The van der Waals surface area contributed by atoms with E-state index >= 15 is 0 Å². The summed E-state index contributed by atoms with van der Waals surface area (Å²) in [6.07, 6.45) is 4.16. The standard InChI is InChI=1S/C18H24N4O/c1-14(15-7-4-3-5-8-15)20-18-19-11-10-17(21-18)22-12-6-9-16(22)13-23-2/h3-5,7-8,10-11,14,16H,6,9,12-13H2,1-2H3,(H,19,20,21). The summed E-state index contributed by atoms with van der Waals surface area (Å²) >= 11 is 0. The van der Waals surface area contributed by atoms with Gasteiger partial charge in [0.1, 0.15) is 5.82 Å². The topological polar surface area (TPSA) is 50.3 Å². The molecule has 1 aliphatic rings. The number of nitrogens with zero attached hydrogens (tertiary/aromatic N) is 3. The summed E-state index contributed by atoms with van der Waals surface area (Å²) in [6.45, 7) is 3.89. The highest BCUT2D eigenvalue weighted by Crippen LogP contribution is 2.25. The van der Waals surface area contributed by atoms with Crippen molar-refractivity contribution in [2.24, 2.45) is 0 Å². The molecule has 2 heterocycles.